The molecule has 1 aromatic carbocycles. The van der Waals surface area contributed by atoms with Crippen LogP contribution in [-0.4, -0.2) is 36.2 Å². The van der Waals surface area contributed by atoms with Crippen LogP contribution in [0.3, 0.4) is 0 Å². The lowest BCUT2D eigenvalue weighted by Gasteiger charge is -2.35. The van der Waals surface area contributed by atoms with E-state index in [2.05, 4.69) is 21.0 Å². The molecular weight excluding hydrogens is 264 g/mol. The van der Waals surface area contributed by atoms with Crippen molar-refractivity contribution in [3.8, 4) is 6.07 Å². The van der Waals surface area contributed by atoms with Gasteiger partial charge in [0.2, 0.25) is 0 Å². The van der Waals surface area contributed by atoms with Crippen molar-refractivity contribution in [2.45, 2.75) is 13.5 Å². The zero-order valence-corrected chi connectivity index (χ0v) is 12.1. The highest BCUT2D eigenvalue weighted by Gasteiger charge is 2.20. The van der Waals surface area contributed by atoms with E-state index in [1.165, 1.54) is 0 Å². The van der Waals surface area contributed by atoms with Crippen LogP contribution in [0, 0.1) is 18.3 Å². The Hall–Kier alpha value is -2.32. The van der Waals surface area contributed by atoms with Crippen molar-refractivity contribution in [1.82, 2.24) is 10.1 Å². The molecule has 0 atom stereocenters. The highest BCUT2D eigenvalue weighted by molar-refractivity contribution is 5.59. The molecule has 5 nitrogen and oxygen atoms in total. The number of para-hydroxylation sites is 1. The van der Waals surface area contributed by atoms with Crippen LogP contribution >= 0.6 is 0 Å². The van der Waals surface area contributed by atoms with E-state index in [1.54, 1.807) is 0 Å². The van der Waals surface area contributed by atoms with Gasteiger partial charge in [-0.2, -0.15) is 5.26 Å². The third kappa shape index (κ3) is 3.06. The first-order valence-electron chi connectivity index (χ1n) is 7.15. The molecule has 1 aliphatic rings. The lowest BCUT2D eigenvalue weighted by molar-refractivity contribution is 0.219. The summed E-state index contributed by atoms with van der Waals surface area (Å²) in [6.45, 7) is 6.50. The Balaban J connectivity index is 1.61. The summed E-state index contributed by atoms with van der Waals surface area (Å²) in [4.78, 5) is 4.63. The Kier molecular flexibility index (Phi) is 3.89. The SMILES string of the molecule is Cc1cc(CN2CCN(c3ccccc3C#N)CC2)on1. The summed E-state index contributed by atoms with van der Waals surface area (Å²) in [6, 6.07) is 12.0. The van der Waals surface area contributed by atoms with Gasteiger partial charge < -0.3 is 9.42 Å². The first-order chi connectivity index (χ1) is 10.3. The molecule has 0 N–H and O–H groups in total. The molecule has 0 saturated carbocycles. The van der Waals surface area contributed by atoms with Crippen LogP contribution in [0.4, 0.5) is 5.69 Å². The average Bonchev–Trinajstić information content (AvgIpc) is 2.93. The van der Waals surface area contributed by atoms with Gasteiger partial charge in [-0.15, -0.1) is 0 Å². The van der Waals surface area contributed by atoms with Crippen molar-refractivity contribution in [2.75, 3.05) is 31.1 Å². The topological polar surface area (TPSA) is 56.3 Å². The third-order valence-electron chi connectivity index (χ3n) is 3.79. The van der Waals surface area contributed by atoms with Crippen molar-refractivity contribution in [2.24, 2.45) is 0 Å². The number of benzene rings is 1. The summed E-state index contributed by atoms with van der Waals surface area (Å²) in [6.07, 6.45) is 0. The van der Waals surface area contributed by atoms with Gasteiger partial charge in [-0.05, 0) is 19.1 Å². The second kappa shape index (κ2) is 5.98. The Labute approximate surface area is 124 Å². The van der Waals surface area contributed by atoms with E-state index in [0.717, 1.165) is 55.4 Å². The zero-order chi connectivity index (χ0) is 14.7. The van der Waals surface area contributed by atoms with Crippen LogP contribution in [0.15, 0.2) is 34.9 Å². The molecule has 108 valence electrons. The normalized spacial score (nSPS) is 15.9. The maximum Gasteiger partial charge on any atom is 0.150 e. The maximum absolute atomic E-state index is 9.19. The fourth-order valence-electron chi connectivity index (χ4n) is 2.70. The van der Waals surface area contributed by atoms with E-state index < -0.39 is 0 Å². The summed E-state index contributed by atoms with van der Waals surface area (Å²) in [7, 11) is 0. The standard InChI is InChI=1S/C16H18N4O/c1-13-10-15(21-18-13)12-19-6-8-20(9-7-19)16-5-3-2-4-14(16)11-17/h2-5,10H,6-9,12H2,1H3. The van der Waals surface area contributed by atoms with Gasteiger partial charge >= 0.3 is 0 Å². The van der Waals surface area contributed by atoms with Gasteiger partial charge in [0, 0.05) is 32.2 Å². The minimum atomic E-state index is 0.747. The van der Waals surface area contributed by atoms with Gasteiger partial charge in [0.15, 0.2) is 5.76 Å². The lowest BCUT2D eigenvalue weighted by atomic mass is 10.1. The number of nitrogens with zero attached hydrogens (tertiary/aromatic N) is 4. The summed E-state index contributed by atoms with van der Waals surface area (Å²) >= 11 is 0. The molecule has 0 amide bonds. The van der Waals surface area contributed by atoms with Gasteiger partial charge in [-0.3, -0.25) is 4.90 Å². The number of hydrogen-bond acceptors (Lipinski definition) is 5. The molecule has 1 saturated heterocycles. The van der Waals surface area contributed by atoms with Crippen LogP contribution < -0.4 is 4.90 Å². The molecule has 1 aliphatic heterocycles. The van der Waals surface area contributed by atoms with Crippen molar-refractivity contribution in [3.63, 3.8) is 0 Å². The van der Waals surface area contributed by atoms with Gasteiger partial charge in [-0.1, -0.05) is 17.3 Å². The van der Waals surface area contributed by atoms with Crippen molar-refractivity contribution < 1.29 is 4.52 Å². The Bertz CT molecular complexity index is 650. The van der Waals surface area contributed by atoms with Gasteiger partial charge in [0.25, 0.3) is 0 Å². The monoisotopic (exact) mass is 282 g/mol. The van der Waals surface area contributed by atoms with E-state index >= 15 is 0 Å². The fraction of sp³-hybridized carbons (Fsp3) is 0.375. The smallest absolute Gasteiger partial charge is 0.150 e. The summed E-state index contributed by atoms with van der Waals surface area (Å²) in [5, 5.41) is 13.1. The van der Waals surface area contributed by atoms with Crippen LogP contribution in [0.5, 0.6) is 0 Å². The molecule has 0 spiro atoms. The maximum atomic E-state index is 9.19. The number of anilines is 1. The molecular formula is C16H18N4O. The number of hydrogen-bond donors (Lipinski definition) is 0. The first-order valence-corrected chi connectivity index (χ1v) is 7.15. The van der Waals surface area contributed by atoms with Crippen molar-refractivity contribution in [3.05, 3.63) is 47.3 Å². The van der Waals surface area contributed by atoms with Gasteiger partial charge in [0.05, 0.1) is 23.5 Å². The molecule has 0 radical (unpaired) electrons. The Morgan fingerprint density at radius 2 is 2.00 bits per heavy atom. The molecule has 3 rings (SSSR count). The van der Waals surface area contributed by atoms with Crippen LogP contribution in [0.25, 0.3) is 0 Å². The predicted octanol–water partition coefficient (Wildman–Crippen LogP) is 2.18. The largest absolute Gasteiger partial charge is 0.368 e. The minimum Gasteiger partial charge on any atom is -0.368 e. The van der Waals surface area contributed by atoms with E-state index in [4.69, 9.17) is 4.52 Å². The molecule has 21 heavy (non-hydrogen) atoms. The van der Waals surface area contributed by atoms with E-state index in [0.29, 0.717) is 0 Å². The first kappa shape index (κ1) is 13.7. The highest BCUT2D eigenvalue weighted by atomic mass is 16.5. The molecule has 0 bridgehead atoms. The fourth-order valence-corrected chi connectivity index (χ4v) is 2.70. The van der Waals surface area contributed by atoms with Crippen molar-refractivity contribution in [1.29, 1.82) is 5.26 Å². The quantitative estimate of drug-likeness (QED) is 0.863. The number of aromatic nitrogens is 1. The summed E-state index contributed by atoms with van der Waals surface area (Å²) < 4.78 is 5.27. The number of rotatable bonds is 3. The van der Waals surface area contributed by atoms with Gasteiger partial charge in [0.1, 0.15) is 6.07 Å². The predicted molar refractivity (Wildman–Crippen MR) is 79.9 cm³/mol. The highest BCUT2D eigenvalue weighted by Crippen LogP contribution is 2.21. The minimum absolute atomic E-state index is 0.747. The summed E-state index contributed by atoms with van der Waals surface area (Å²) in [5.74, 6) is 0.915. The Morgan fingerprint density at radius 3 is 2.67 bits per heavy atom. The van der Waals surface area contributed by atoms with Crippen LogP contribution in [-0.2, 0) is 6.54 Å². The van der Waals surface area contributed by atoms with E-state index in [1.807, 2.05) is 37.3 Å². The number of aryl methyl sites for hydroxylation is 1. The molecule has 1 aromatic heterocycles. The molecule has 0 aliphatic carbocycles. The summed E-state index contributed by atoms with van der Waals surface area (Å²) in [5.41, 5.74) is 2.71. The molecule has 5 heteroatoms. The van der Waals surface area contributed by atoms with Crippen LogP contribution in [0.1, 0.15) is 17.0 Å². The number of nitriles is 1. The molecule has 1 fully saturated rings. The molecule has 2 aromatic rings. The van der Waals surface area contributed by atoms with Gasteiger partial charge in [-0.25, -0.2) is 0 Å². The molecule has 0 unspecified atom stereocenters. The second-order valence-corrected chi connectivity index (χ2v) is 5.33. The lowest BCUT2D eigenvalue weighted by Crippen LogP contribution is -2.46. The number of piperazine rings is 1. The second-order valence-electron chi connectivity index (χ2n) is 5.33. The van der Waals surface area contributed by atoms with Crippen LogP contribution in [0.2, 0.25) is 0 Å². The Morgan fingerprint density at radius 1 is 1.24 bits per heavy atom. The van der Waals surface area contributed by atoms with E-state index in [-0.39, 0.29) is 0 Å². The van der Waals surface area contributed by atoms with Crippen molar-refractivity contribution >= 4 is 5.69 Å². The average molecular weight is 282 g/mol. The third-order valence-corrected chi connectivity index (χ3v) is 3.79. The molecule has 2 heterocycles. The van der Waals surface area contributed by atoms with E-state index in [9.17, 15) is 5.26 Å². The zero-order valence-electron chi connectivity index (χ0n) is 12.1.